The third-order valence-electron chi connectivity index (χ3n) is 2.52. The molecule has 0 aliphatic carbocycles. The molecule has 0 saturated carbocycles. The summed E-state index contributed by atoms with van der Waals surface area (Å²) >= 11 is 0. The summed E-state index contributed by atoms with van der Waals surface area (Å²) in [6.45, 7) is 22.3. The number of hydrogen-bond donors (Lipinski definition) is 0. The maximum atomic E-state index is 3.66. The smallest absolute Gasteiger partial charge is 0.0353 e. The van der Waals surface area contributed by atoms with E-state index in [1.165, 1.54) is 64.2 Å². The second-order valence-electron chi connectivity index (χ2n) is 5.09. The van der Waals surface area contributed by atoms with Crippen molar-refractivity contribution in [3.63, 3.8) is 0 Å². The molecule has 0 atom stereocenters. The molecule has 0 fully saturated rings. The molecule has 0 N–H and O–H groups in total. The van der Waals surface area contributed by atoms with Crippen molar-refractivity contribution in [3.05, 3.63) is 50.6 Å². The Morgan fingerprint density at radius 1 is 0.545 bits per heavy atom. The van der Waals surface area contributed by atoms with Gasteiger partial charge in [-0.2, -0.15) is 0 Å². The second-order valence-corrected chi connectivity index (χ2v) is 5.09. The average Bonchev–Trinajstić information content (AvgIpc) is 2.51. The first-order valence-corrected chi connectivity index (χ1v) is 9.02. The standard InChI is InChI=1S/2C8H16.2C3H6/c2*1-3-5-7-8-6-4-2;2*1-3-2/h2*3H,1,4-8H2,2H3;2*3H,1H2,2H3. The van der Waals surface area contributed by atoms with Crippen LogP contribution in [0.1, 0.15) is 91.9 Å². The lowest BCUT2D eigenvalue weighted by Crippen LogP contribution is -1.71. The molecule has 0 spiro atoms. The van der Waals surface area contributed by atoms with Crippen LogP contribution in [0.4, 0.5) is 0 Å². The van der Waals surface area contributed by atoms with Gasteiger partial charge in [-0.3, -0.25) is 0 Å². The quantitative estimate of drug-likeness (QED) is 0.280. The van der Waals surface area contributed by atoms with Gasteiger partial charge in [0, 0.05) is 0 Å². The highest BCUT2D eigenvalue weighted by Crippen LogP contribution is 2.02. The summed E-state index contributed by atoms with van der Waals surface area (Å²) in [6.07, 6.45) is 20.7. The predicted octanol–water partition coefficient (Wildman–Crippen LogP) is 8.67. The third-order valence-corrected chi connectivity index (χ3v) is 2.52. The van der Waals surface area contributed by atoms with Crippen molar-refractivity contribution < 1.29 is 0 Å². The van der Waals surface area contributed by atoms with E-state index in [9.17, 15) is 0 Å². The summed E-state index contributed by atoms with van der Waals surface area (Å²) < 4.78 is 0. The zero-order valence-corrected chi connectivity index (χ0v) is 16.2. The third kappa shape index (κ3) is 76.2. The molecule has 0 aromatic carbocycles. The maximum Gasteiger partial charge on any atom is -0.0353 e. The van der Waals surface area contributed by atoms with Crippen molar-refractivity contribution in [1.82, 2.24) is 0 Å². The van der Waals surface area contributed by atoms with E-state index >= 15 is 0 Å². The molecule has 0 nitrogen and oxygen atoms in total. The first kappa shape index (κ1) is 29.0. The molecule has 132 valence electrons. The zero-order valence-electron chi connectivity index (χ0n) is 16.2. The molecule has 0 aromatic heterocycles. The van der Waals surface area contributed by atoms with Crippen LogP contribution >= 0.6 is 0 Å². The van der Waals surface area contributed by atoms with E-state index < -0.39 is 0 Å². The number of allylic oxidation sites excluding steroid dienone is 4. The summed E-state index contributed by atoms with van der Waals surface area (Å²) in [7, 11) is 0. The van der Waals surface area contributed by atoms with E-state index in [4.69, 9.17) is 0 Å². The normalized spacial score (nSPS) is 7.82. The number of hydrogen-bond acceptors (Lipinski definition) is 0. The van der Waals surface area contributed by atoms with E-state index in [0.29, 0.717) is 0 Å². The van der Waals surface area contributed by atoms with Crippen molar-refractivity contribution in [2.24, 2.45) is 0 Å². The Morgan fingerprint density at radius 3 is 1.00 bits per heavy atom. The van der Waals surface area contributed by atoms with Crippen LogP contribution in [0.5, 0.6) is 0 Å². The number of unbranched alkanes of at least 4 members (excludes halogenated alkanes) is 8. The topological polar surface area (TPSA) is 0 Å². The van der Waals surface area contributed by atoms with Gasteiger partial charge in [-0.25, -0.2) is 0 Å². The van der Waals surface area contributed by atoms with E-state index in [0.717, 1.165) is 0 Å². The van der Waals surface area contributed by atoms with Crippen LogP contribution in [0.15, 0.2) is 50.6 Å². The Balaban J connectivity index is -0.000000109. The van der Waals surface area contributed by atoms with Crippen LogP contribution < -0.4 is 0 Å². The van der Waals surface area contributed by atoms with Gasteiger partial charge in [-0.15, -0.1) is 26.3 Å². The van der Waals surface area contributed by atoms with Gasteiger partial charge in [0.05, 0.1) is 0 Å². The molecule has 0 unspecified atom stereocenters. The van der Waals surface area contributed by atoms with Gasteiger partial charge in [0.15, 0.2) is 0 Å². The van der Waals surface area contributed by atoms with Crippen molar-refractivity contribution in [2.75, 3.05) is 0 Å². The SMILES string of the molecule is C=CC.C=CC.C=CCCCCCC.C=CCCCCCC. The van der Waals surface area contributed by atoms with Crippen molar-refractivity contribution in [3.8, 4) is 0 Å². The molecule has 0 aromatic rings. The minimum Gasteiger partial charge on any atom is -0.103 e. The largest absolute Gasteiger partial charge is 0.103 e. The summed E-state index contributed by atoms with van der Waals surface area (Å²) in [5.41, 5.74) is 0. The molecular formula is C22H44. The molecule has 0 amide bonds. The Morgan fingerprint density at radius 2 is 0.818 bits per heavy atom. The fraction of sp³-hybridized carbons (Fsp3) is 0.636. The molecular weight excluding hydrogens is 264 g/mol. The van der Waals surface area contributed by atoms with Gasteiger partial charge in [0.2, 0.25) is 0 Å². The minimum absolute atomic E-state index is 1.19. The highest BCUT2D eigenvalue weighted by atomic mass is 13.9. The lowest BCUT2D eigenvalue weighted by Gasteiger charge is -1.91. The molecule has 22 heavy (non-hydrogen) atoms. The Hall–Kier alpha value is -1.04. The van der Waals surface area contributed by atoms with Crippen LogP contribution in [0, 0.1) is 0 Å². The highest BCUT2D eigenvalue weighted by Gasteiger charge is 1.82. The van der Waals surface area contributed by atoms with Gasteiger partial charge >= 0.3 is 0 Å². The zero-order chi connectivity index (χ0) is 17.9. The summed E-state index contributed by atoms with van der Waals surface area (Å²) in [5.74, 6) is 0. The van der Waals surface area contributed by atoms with Crippen LogP contribution in [-0.4, -0.2) is 0 Å². The van der Waals surface area contributed by atoms with Crippen LogP contribution in [-0.2, 0) is 0 Å². The molecule has 0 rings (SSSR count). The predicted molar refractivity (Wildman–Crippen MR) is 110 cm³/mol. The highest BCUT2D eigenvalue weighted by molar-refractivity contribution is 4.65. The Labute approximate surface area is 143 Å². The van der Waals surface area contributed by atoms with Crippen molar-refractivity contribution in [2.45, 2.75) is 91.9 Å². The summed E-state index contributed by atoms with van der Waals surface area (Å²) in [6, 6.07) is 0. The Kier molecular flexibility index (Phi) is 56.4. The van der Waals surface area contributed by atoms with E-state index in [2.05, 4.69) is 40.2 Å². The molecule has 0 heteroatoms. The average molecular weight is 309 g/mol. The van der Waals surface area contributed by atoms with Crippen LogP contribution in [0.3, 0.4) is 0 Å². The van der Waals surface area contributed by atoms with E-state index in [-0.39, 0.29) is 0 Å². The second kappa shape index (κ2) is 42.7. The van der Waals surface area contributed by atoms with Gasteiger partial charge in [0.1, 0.15) is 0 Å². The molecule has 0 heterocycles. The first-order chi connectivity index (χ1) is 10.7. The lowest BCUT2D eigenvalue weighted by atomic mass is 10.2. The van der Waals surface area contributed by atoms with E-state index in [1.54, 1.807) is 12.2 Å². The Bertz CT molecular complexity index is 166. The van der Waals surface area contributed by atoms with Gasteiger partial charge in [0.25, 0.3) is 0 Å². The molecule has 0 aliphatic rings. The van der Waals surface area contributed by atoms with Gasteiger partial charge < -0.3 is 0 Å². The summed E-state index contributed by atoms with van der Waals surface area (Å²) in [5, 5.41) is 0. The first-order valence-electron chi connectivity index (χ1n) is 9.02. The summed E-state index contributed by atoms with van der Waals surface area (Å²) in [4.78, 5) is 0. The van der Waals surface area contributed by atoms with E-state index in [1.807, 2.05) is 26.0 Å². The van der Waals surface area contributed by atoms with Crippen LogP contribution in [0.25, 0.3) is 0 Å². The monoisotopic (exact) mass is 308 g/mol. The fourth-order valence-corrected chi connectivity index (χ4v) is 1.43. The van der Waals surface area contributed by atoms with Crippen molar-refractivity contribution >= 4 is 0 Å². The van der Waals surface area contributed by atoms with Gasteiger partial charge in [-0.1, -0.05) is 76.7 Å². The molecule has 0 aliphatic heterocycles. The molecule has 0 saturated heterocycles. The maximum absolute atomic E-state index is 3.66. The molecule has 0 radical (unpaired) electrons. The van der Waals surface area contributed by atoms with Gasteiger partial charge in [-0.05, 0) is 39.5 Å². The minimum atomic E-state index is 1.19. The van der Waals surface area contributed by atoms with Crippen LogP contribution in [0.2, 0.25) is 0 Å². The molecule has 0 bridgehead atoms. The van der Waals surface area contributed by atoms with Crippen molar-refractivity contribution in [1.29, 1.82) is 0 Å². The number of rotatable bonds is 10. The fourth-order valence-electron chi connectivity index (χ4n) is 1.43. The lowest BCUT2D eigenvalue weighted by molar-refractivity contribution is 0.675.